The number of benzene rings is 2. The molecule has 0 bridgehead atoms. The van der Waals surface area contributed by atoms with Gasteiger partial charge < -0.3 is 14.6 Å². The van der Waals surface area contributed by atoms with E-state index in [1.165, 1.54) is 6.07 Å². The second-order valence-corrected chi connectivity index (χ2v) is 6.20. The maximum Gasteiger partial charge on any atom is 0.222 e. The highest BCUT2D eigenvalue weighted by molar-refractivity contribution is 5.95. The summed E-state index contributed by atoms with van der Waals surface area (Å²) in [5.41, 5.74) is 3.16. The molecule has 0 saturated carbocycles. The first-order chi connectivity index (χ1) is 12.2. The molecule has 2 aromatic carbocycles. The molecule has 0 atom stereocenters. The number of hydrogen-bond acceptors (Lipinski definition) is 2. The van der Waals surface area contributed by atoms with E-state index in [1.807, 2.05) is 37.4 Å². The highest BCUT2D eigenvalue weighted by Crippen LogP contribution is 2.34. The molecule has 4 nitrogen and oxygen atoms in total. The number of ether oxygens (including phenoxy) is 1. The van der Waals surface area contributed by atoms with Gasteiger partial charge in [0.05, 0.1) is 6.54 Å². The molecule has 1 N–H and O–H groups in total. The summed E-state index contributed by atoms with van der Waals surface area (Å²) in [7, 11) is 0. The number of amides is 1. The quantitative estimate of drug-likeness (QED) is 0.764. The van der Waals surface area contributed by atoms with E-state index in [-0.39, 0.29) is 11.7 Å². The molecule has 1 amide bonds. The Kier molecular flexibility index (Phi) is 3.92. The van der Waals surface area contributed by atoms with Gasteiger partial charge in [0.1, 0.15) is 18.2 Å². The van der Waals surface area contributed by atoms with Crippen molar-refractivity contribution in [1.82, 2.24) is 9.88 Å². The van der Waals surface area contributed by atoms with E-state index >= 15 is 0 Å². The zero-order valence-corrected chi connectivity index (χ0v) is 14.0. The van der Waals surface area contributed by atoms with Crippen molar-refractivity contribution in [2.24, 2.45) is 0 Å². The Morgan fingerprint density at radius 2 is 2.16 bits per heavy atom. The minimum Gasteiger partial charge on any atom is -0.491 e. The third-order valence-corrected chi connectivity index (χ3v) is 4.67. The molecule has 0 saturated heterocycles. The highest BCUT2D eigenvalue weighted by Gasteiger charge is 2.20. The first-order valence-corrected chi connectivity index (χ1v) is 8.47. The van der Waals surface area contributed by atoms with E-state index in [0.717, 1.165) is 27.8 Å². The predicted molar refractivity (Wildman–Crippen MR) is 94.9 cm³/mol. The first kappa shape index (κ1) is 15.7. The fourth-order valence-electron chi connectivity index (χ4n) is 3.39. The summed E-state index contributed by atoms with van der Waals surface area (Å²) in [6.07, 6.45) is 2.27. The van der Waals surface area contributed by atoms with Crippen LogP contribution in [0.15, 0.2) is 42.6 Å². The molecule has 25 heavy (non-hydrogen) atoms. The summed E-state index contributed by atoms with van der Waals surface area (Å²) in [6.45, 7) is 3.38. The van der Waals surface area contributed by atoms with Crippen molar-refractivity contribution >= 4 is 16.8 Å². The van der Waals surface area contributed by atoms with E-state index < -0.39 is 0 Å². The van der Waals surface area contributed by atoms with Gasteiger partial charge in [0.25, 0.3) is 0 Å². The van der Waals surface area contributed by atoms with E-state index in [9.17, 15) is 9.18 Å². The van der Waals surface area contributed by atoms with Crippen LogP contribution in [-0.2, 0) is 11.3 Å². The maximum atomic E-state index is 14.5. The lowest BCUT2D eigenvalue weighted by Crippen LogP contribution is -2.31. The molecular formula is C20H19FN2O2. The van der Waals surface area contributed by atoms with Crippen LogP contribution in [0.3, 0.4) is 0 Å². The van der Waals surface area contributed by atoms with Gasteiger partial charge in [0.2, 0.25) is 5.91 Å². The zero-order chi connectivity index (χ0) is 17.4. The number of carbonyl (C=O) groups excluding carboxylic acids is 1. The molecule has 128 valence electrons. The maximum absolute atomic E-state index is 14.5. The smallest absolute Gasteiger partial charge is 0.222 e. The van der Waals surface area contributed by atoms with Gasteiger partial charge in [-0.05, 0) is 35.9 Å². The zero-order valence-electron chi connectivity index (χ0n) is 14.0. The summed E-state index contributed by atoms with van der Waals surface area (Å²) in [5, 5.41) is 0.844. The Labute approximate surface area is 145 Å². The molecule has 0 aliphatic carbocycles. The van der Waals surface area contributed by atoms with Crippen LogP contribution < -0.4 is 4.74 Å². The second-order valence-electron chi connectivity index (χ2n) is 6.20. The lowest BCUT2D eigenvalue weighted by molar-refractivity contribution is -0.131. The van der Waals surface area contributed by atoms with Crippen molar-refractivity contribution in [2.75, 3.05) is 13.2 Å². The molecule has 0 unspecified atom stereocenters. The molecule has 5 heteroatoms. The lowest BCUT2D eigenvalue weighted by Gasteiger charge is -2.19. The average molecular weight is 338 g/mol. The van der Waals surface area contributed by atoms with Crippen molar-refractivity contribution in [1.29, 1.82) is 0 Å². The number of hydrogen-bond donors (Lipinski definition) is 1. The number of aromatic nitrogens is 1. The van der Waals surface area contributed by atoms with E-state index in [1.54, 1.807) is 11.0 Å². The normalized spacial score (nSPS) is 14.1. The SMILES string of the molecule is CCC(=O)N1CCOc2ccc(-c3c(F)ccc4[nH]ccc34)cc2C1. The Morgan fingerprint density at radius 1 is 1.28 bits per heavy atom. The van der Waals surface area contributed by atoms with Crippen LogP contribution >= 0.6 is 0 Å². The van der Waals surface area contributed by atoms with Gasteiger partial charge >= 0.3 is 0 Å². The van der Waals surface area contributed by atoms with Crippen molar-refractivity contribution in [3.05, 3.63) is 54.0 Å². The third kappa shape index (κ3) is 2.76. The number of aromatic amines is 1. The summed E-state index contributed by atoms with van der Waals surface area (Å²) in [6, 6.07) is 10.8. The van der Waals surface area contributed by atoms with Gasteiger partial charge in [-0.1, -0.05) is 13.0 Å². The molecule has 0 fully saturated rings. The second kappa shape index (κ2) is 6.24. The summed E-state index contributed by atoms with van der Waals surface area (Å²) < 4.78 is 20.3. The summed E-state index contributed by atoms with van der Waals surface area (Å²) in [4.78, 5) is 17.0. The van der Waals surface area contributed by atoms with Gasteiger partial charge in [-0.2, -0.15) is 0 Å². The molecule has 3 aromatic rings. The van der Waals surface area contributed by atoms with Gasteiger partial charge in [-0.3, -0.25) is 4.79 Å². The van der Waals surface area contributed by atoms with Gasteiger partial charge in [-0.15, -0.1) is 0 Å². The fraction of sp³-hybridized carbons (Fsp3) is 0.250. The van der Waals surface area contributed by atoms with Crippen LogP contribution in [-0.4, -0.2) is 28.9 Å². The predicted octanol–water partition coefficient (Wildman–Crippen LogP) is 4.11. The van der Waals surface area contributed by atoms with E-state index in [2.05, 4.69) is 4.98 Å². The topological polar surface area (TPSA) is 45.3 Å². The lowest BCUT2D eigenvalue weighted by atomic mass is 9.98. The molecule has 0 radical (unpaired) electrons. The van der Waals surface area contributed by atoms with Crippen molar-refractivity contribution < 1.29 is 13.9 Å². The van der Waals surface area contributed by atoms with Crippen molar-refractivity contribution in [3.8, 4) is 16.9 Å². The number of rotatable bonds is 2. The Balaban J connectivity index is 1.80. The fourth-order valence-corrected chi connectivity index (χ4v) is 3.39. The number of fused-ring (bicyclic) bond motifs is 2. The molecular weight excluding hydrogens is 319 g/mol. The van der Waals surface area contributed by atoms with Crippen LogP contribution in [0.1, 0.15) is 18.9 Å². The van der Waals surface area contributed by atoms with Crippen LogP contribution in [0.25, 0.3) is 22.0 Å². The Bertz CT molecular complexity index is 948. The van der Waals surface area contributed by atoms with Crippen LogP contribution in [0.5, 0.6) is 5.75 Å². The highest BCUT2D eigenvalue weighted by atomic mass is 19.1. The standard InChI is InChI=1S/C20H19FN2O2/c1-2-19(24)23-9-10-25-18-6-3-13(11-14(18)12-23)20-15-7-8-22-17(15)5-4-16(20)21/h3-8,11,22H,2,9-10,12H2,1H3. The average Bonchev–Trinajstić information content (AvgIpc) is 2.99. The van der Waals surface area contributed by atoms with Crippen LogP contribution in [0.2, 0.25) is 0 Å². The largest absolute Gasteiger partial charge is 0.491 e. The van der Waals surface area contributed by atoms with Gasteiger partial charge in [0, 0.05) is 41.2 Å². The van der Waals surface area contributed by atoms with Gasteiger partial charge in [0.15, 0.2) is 0 Å². The van der Waals surface area contributed by atoms with Crippen LogP contribution in [0.4, 0.5) is 4.39 Å². The third-order valence-electron chi connectivity index (χ3n) is 4.67. The Morgan fingerprint density at radius 3 is 3.00 bits per heavy atom. The minimum absolute atomic E-state index is 0.0979. The molecule has 4 rings (SSSR count). The molecule has 1 aliphatic heterocycles. The number of nitrogens with one attached hydrogen (secondary N) is 1. The first-order valence-electron chi connectivity index (χ1n) is 8.47. The van der Waals surface area contributed by atoms with E-state index in [4.69, 9.17) is 4.74 Å². The van der Waals surface area contributed by atoms with Crippen molar-refractivity contribution in [2.45, 2.75) is 19.9 Å². The Hall–Kier alpha value is -2.82. The van der Waals surface area contributed by atoms with Crippen LogP contribution in [0, 0.1) is 5.82 Å². The number of halogens is 1. The molecule has 1 aliphatic rings. The van der Waals surface area contributed by atoms with E-state index in [0.29, 0.717) is 31.7 Å². The number of H-pyrrole nitrogens is 1. The minimum atomic E-state index is -0.261. The summed E-state index contributed by atoms with van der Waals surface area (Å²) in [5.74, 6) is 0.598. The number of carbonyl (C=O) groups is 1. The summed E-state index contributed by atoms with van der Waals surface area (Å²) >= 11 is 0. The van der Waals surface area contributed by atoms with Crippen molar-refractivity contribution in [3.63, 3.8) is 0 Å². The molecule has 0 spiro atoms. The number of nitrogens with zero attached hydrogens (tertiary/aromatic N) is 1. The monoisotopic (exact) mass is 338 g/mol. The van der Waals surface area contributed by atoms with Gasteiger partial charge in [-0.25, -0.2) is 4.39 Å². The molecule has 2 heterocycles. The molecule has 1 aromatic heterocycles.